The van der Waals surface area contributed by atoms with Gasteiger partial charge >= 0.3 is 5.97 Å². The Hall–Kier alpha value is -4.37. The van der Waals surface area contributed by atoms with Gasteiger partial charge in [0.05, 0.1) is 11.1 Å². The van der Waals surface area contributed by atoms with Gasteiger partial charge in [0.2, 0.25) is 5.82 Å². The summed E-state index contributed by atoms with van der Waals surface area (Å²) >= 11 is 0. The SMILES string of the molecule is CCOC(C)(c1ccc(-c2ccccc2-c2nn[nH]n2)cc1)c1nc2c(C(=O)O)cccc2[nH]1. The molecule has 0 radical (unpaired) electrons. The summed E-state index contributed by atoms with van der Waals surface area (Å²) in [5.74, 6) is 0.0414. The van der Waals surface area contributed by atoms with Gasteiger partial charge in [-0.05, 0) is 47.9 Å². The van der Waals surface area contributed by atoms with Crippen LogP contribution >= 0.6 is 0 Å². The molecule has 2 aromatic heterocycles. The van der Waals surface area contributed by atoms with Gasteiger partial charge < -0.3 is 14.8 Å². The zero-order chi connectivity index (χ0) is 23.7. The molecule has 1 unspecified atom stereocenters. The Kier molecular flexibility index (Phi) is 5.39. The van der Waals surface area contributed by atoms with Crippen molar-refractivity contribution in [3.8, 4) is 22.5 Å². The molecule has 0 amide bonds. The first-order valence-electron chi connectivity index (χ1n) is 10.8. The summed E-state index contributed by atoms with van der Waals surface area (Å²) < 4.78 is 6.19. The van der Waals surface area contributed by atoms with E-state index in [9.17, 15) is 9.90 Å². The number of ether oxygens (including phenoxy) is 1. The van der Waals surface area contributed by atoms with Crippen LogP contribution in [0.5, 0.6) is 0 Å². The monoisotopic (exact) mass is 454 g/mol. The molecule has 5 rings (SSSR count). The minimum Gasteiger partial charge on any atom is -0.478 e. The molecule has 0 saturated carbocycles. The van der Waals surface area contributed by atoms with E-state index < -0.39 is 11.6 Å². The number of carbonyl (C=O) groups is 1. The maximum Gasteiger partial charge on any atom is 0.337 e. The lowest BCUT2D eigenvalue weighted by Crippen LogP contribution is -2.29. The molecule has 3 N–H and O–H groups in total. The molecule has 0 fully saturated rings. The number of tetrazole rings is 1. The fourth-order valence-electron chi connectivity index (χ4n) is 4.18. The van der Waals surface area contributed by atoms with Crippen LogP contribution in [0, 0.1) is 0 Å². The molecule has 170 valence electrons. The van der Waals surface area contributed by atoms with Crippen LogP contribution in [-0.2, 0) is 10.3 Å². The maximum atomic E-state index is 11.7. The van der Waals surface area contributed by atoms with Gasteiger partial charge in [-0.2, -0.15) is 5.21 Å². The Morgan fingerprint density at radius 2 is 1.79 bits per heavy atom. The predicted octanol–water partition coefficient (Wildman–Crippen LogP) is 4.41. The molecule has 0 bridgehead atoms. The number of nitrogens with one attached hydrogen (secondary N) is 2. The van der Waals surface area contributed by atoms with Gasteiger partial charge in [-0.3, -0.25) is 0 Å². The van der Waals surface area contributed by atoms with Crippen LogP contribution in [0.25, 0.3) is 33.5 Å². The third-order valence-electron chi connectivity index (χ3n) is 5.89. The van der Waals surface area contributed by atoms with Gasteiger partial charge in [-0.15, -0.1) is 10.2 Å². The van der Waals surface area contributed by atoms with E-state index in [1.54, 1.807) is 12.1 Å². The lowest BCUT2D eigenvalue weighted by molar-refractivity contribution is -0.00186. The minimum absolute atomic E-state index is 0.146. The number of benzene rings is 3. The highest BCUT2D eigenvalue weighted by Crippen LogP contribution is 2.36. The number of aromatic nitrogens is 6. The number of aromatic carboxylic acids is 1. The van der Waals surface area contributed by atoms with Crippen LogP contribution in [0.1, 0.15) is 35.6 Å². The van der Waals surface area contributed by atoms with Crippen molar-refractivity contribution in [1.82, 2.24) is 30.6 Å². The molecule has 0 aliphatic carbocycles. The Morgan fingerprint density at radius 1 is 1.03 bits per heavy atom. The first-order chi connectivity index (χ1) is 16.5. The molecular formula is C25H22N6O3. The maximum absolute atomic E-state index is 11.7. The van der Waals surface area contributed by atoms with Crippen molar-refractivity contribution < 1.29 is 14.6 Å². The van der Waals surface area contributed by atoms with Gasteiger partial charge in [0.25, 0.3) is 0 Å². The summed E-state index contributed by atoms with van der Waals surface area (Å²) in [5, 5.41) is 23.9. The van der Waals surface area contributed by atoms with E-state index in [0.29, 0.717) is 29.3 Å². The number of aromatic amines is 2. The van der Waals surface area contributed by atoms with E-state index in [1.807, 2.05) is 68.4 Å². The lowest BCUT2D eigenvalue weighted by Gasteiger charge is -2.28. The molecule has 0 aliphatic heterocycles. The second-order valence-electron chi connectivity index (χ2n) is 7.92. The highest BCUT2D eigenvalue weighted by Gasteiger charge is 2.33. The van der Waals surface area contributed by atoms with E-state index in [0.717, 1.165) is 22.3 Å². The zero-order valence-corrected chi connectivity index (χ0v) is 18.6. The van der Waals surface area contributed by atoms with Crippen molar-refractivity contribution in [3.05, 3.63) is 83.7 Å². The Bertz CT molecular complexity index is 1460. The Balaban J connectivity index is 1.57. The van der Waals surface area contributed by atoms with Crippen LogP contribution in [0.3, 0.4) is 0 Å². The lowest BCUT2D eigenvalue weighted by atomic mass is 9.91. The standard InChI is InChI=1S/C25H22N6O3/c1-3-34-25(2,24-26-20-10-6-9-19(23(32)33)21(20)27-24)16-13-11-15(12-14-16)17-7-4-5-8-18(17)22-28-30-31-29-22/h4-14H,3H2,1-2H3,(H,26,27)(H,32,33)(H,28,29,30,31). The fraction of sp³-hybridized carbons (Fsp3) is 0.160. The number of imidazole rings is 1. The van der Waals surface area contributed by atoms with Gasteiger partial charge in [0.15, 0.2) is 0 Å². The smallest absolute Gasteiger partial charge is 0.337 e. The van der Waals surface area contributed by atoms with Crippen LogP contribution in [0.2, 0.25) is 0 Å². The minimum atomic E-state index is -1.02. The van der Waals surface area contributed by atoms with E-state index in [4.69, 9.17) is 4.74 Å². The number of hydrogen-bond donors (Lipinski definition) is 3. The van der Waals surface area contributed by atoms with Crippen molar-refractivity contribution in [1.29, 1.82) is 0 Å². The van der Waals surface area contributed by atoms with Crippen LogP contribution in [0.4, 0.5) is 0 Å². The summed E-state index contributed by atoms with van der Waals surface area (Å²) in [7, 11) is 0. The summed E-state index contributed by atoms with van der Waals surface area (Å²) in [5.41, 5.74) is 4.00. The van der Waals surface area contributed by atoms with E-state index in [-0.39, 0.29) is 5.56 Å². The topological polar surface area (TPSA) is 130 Å². The van der Waals surface area contributed by atoms with Crippen LogP contribution in [-0.4, -0.2) is 48.3 Å². The average molecular weight is 454 g/mol. The normalized spacial score (nSPS) is 13.1. The van der Waals surface area contributed by atoms with Crippen molar-refractivity contribution >= 4 is 17.0 Å². The van der Waals surface area contributed by atoms with Gasteiger partial charge in [0.1, 0.15) is 16.9 Å². The molecule has 1 atom stereocenters. The number of carboxylic acid groups (broad SMARTS) is 1. The number of fused-ring (bicyclic) bond motifs is 1. The molecule has 34 heavy (non-hydrogen) atoms. The number of para-hydroxylation sites is 1. The number of hydrogen-bond acceptors (Lipinski definition) is 6. The molecule has 0 saturated heterocycles. The summed E-state index contributed by atoms with van der Waals surface area (Å²) in [6.45, 7) is 4.29. The summed E-state index contributed by atoms with van der Waals surface area (Å²) in [6.07, 6.45) is 0. The molecule has 9 nitrogen and oxygen atoms in total. The van der Waals surface area contributed by atoms with E-state index in [2.05, 4.69) is 30.6 Å². The second kappa shape index (κ2) is 8.53. The van der Waals surface area contributed by atoms with Crippen LogP contribution < -0.4 is 0 Å². The van der Waals surface area contributed by atoms with E-state index >= 15 is 0 Å². The largest absolute Gasteiger partial charge is 0.478 e. The van der Waals surface area contributed by atoms with Crippen molar-refractivity contribution in [2.45, 2.75) is 19.4 Å². The molecule has 0 aliphatic rings. The number of rotatable bonds is 7. The fourth-order valence-corrected chi connectivity index (χ4v) is 4.18. The first-order valence-corrected chi connectivity index (χ1v) is 10.8. The highest BCUT2D eigenvalue weighted by molar-refractivity contribution is 6.01. The first kappa shape index (κ1) is 21.5. The zero-order valence-electron chi connectivity index (χ0n) is 18.6. The molecule has 9 heteroatoms. The summed E-state index contributed by atoms with van der Waals surface area (Å²) in [4.78, 5) is 19.6. The van der Waals surface area contributed by atoms with Crippen molar-refractivity contribution in [2.75, 3.05) is 6.61 Å². The predicted molar refractivity (Wildman–Crippen MR) is 126 cm³/mol. The van der Waals surface area contributed by atoms with Gasteiger partial charge in [-0.25, -0.2) is 9.78 Å². The second-order valence-corrected chi connectivity index (χ2v) is 7.92. The molecule has 5 aromatic rings. The quantitative estimate of drug-likeness (QED) is 0.332. The third-order valence-corrected chi connectivity index (χ3v) is 5.89. The van der Waals surface area contributed by atoms with Gasteiger partial charge in [-0.1, -0.05) is 54.6 Å². The highest BCUT2D eigenvalue weighted by atomic mass is 16.5. The third kappa shape index (κ3) is 3.61. The number of nitrogens with zero attached hydrogens (tertiary/aromatic N) is 4. The average Bonchev–Trinajstić information content (AvgIpc) is 3.54. The molecular weight excluding hydrogens is 432 g/mol. The van der Waals surface area contributed by atoms with Crippen molar-refractivity contribution in [2.24, 2.45) is 0 Å². The van der Waals surface area contributed by atoms with Gasteiger partial charge in [0, 0.05) is 12.2 Å². The van der Waals surface area contributed by atoms with E-state index in [1.165, 1.54) is 0 Å². The molecule has 3 aromatic carbocycles. The number of H-pyrrole nitrogens is 2. The van der Waals surface area contributed by atoms with Crippen molar-refractivity contribution in [3.63, 3.8) is 0 Å². The molecule has 2 heterocycles. The molecule has 0 spiro atoms. The number of carboxylic acids is 1. The Labute approximate surface area is 194 Å². The Morgan fingerprint density at radius 3 is 2.47 bits per heavy atom. The summed E-state index contributed by atoms with van der Waals surface area (Å²) in [6, 6.07) is 20.9. The van der Waals surface area contributed by atoms with Crippen LogP contribution in [0.15, 0.2) is 66.7 Å².